The predicted octanol–water partition coefficient (Wildman–Crippen LogP) is 3.31. The minimum atomic E-state index is -0.754. The van der Waals surface area contributed by atoms with Crippen LogP contribution in [0.25, 0.3) is 0 Å². The number of carbonyl (C=O) groups excluding carboxylic acids is 1. The number of rotatable bonds is 9. The molecule has 0 radical (unpaired) electrons. The van der Waals surface area contributed by atoms with Crippen LogP contribution in [0.15, 0.2) is 42.6 Å². The van der Waals surface area contributed by atoms with Crippen molar-refractivity contribution in [3.05, 3.63) is 74.1 Å². The number of ether oxygens (including phenoxy) is 3. The minimum Gasteiger partial charge on any atom is -0.493 e. The summed E-state index contributed by atoms with van der Waals surface area (Å²) in [5, 5.41) is 28.9. The van der Waals surface area contributed by atoms with Crippen LogP contribution < -0.4 is 19.5 Å². The lowest BCUT2D eigenvalue weighted by Crippen LogP contribution is -2.15. The van der Waals surface area contributed by atoms with E-state index in [4.69, 9.17) is 14.2 Å². The van der Waals surface area contributed by atoms with Gasteiger partial charge in [0.05, 0.1) is 29.8 Å². The quantitative estimate of drug-likeness (QED) is 0.375. The highest BCUT2D eigenvalue weighted by Crippen LogP contribution is 2.37. The number of nitrogens with one attached hydrogen (secondary N) is 1. The molecule has 0 aliphatic rings. The van der Waals surface area contributed by atoms with Gasteiger partial charge in [-0.25, -0.2) is 4.68 Å². The molecule has 0 saturated carbocycles. The lowest BCUT2D eigenvalue weighted by molar-refractivity contribution is -0.395. The van der Waals surface area contributed by atoms with Crippen LogP contribution in [-0.4, -0.2) is 39.8 Å². The molecule has 0 aliphatic carbocycles. The maximum absolute atomic E-state index is 12.5. The fraction of sp³-hybridized carbons (Fsp3) is 0.200. The van der Waals surface area contributed by atoms with Crippen molar-refractivity contribution in [2.75, 3.05) is 19.5 Å². The highest BCUT2D eigenvalue weighted by atomic mass is 16.6. The Balaban J connectivity index is 1.76. The zero-order valence-electron chi connectivity index (χ0n) is 17.8. The molecule has 3 rings (SSSR count). The molecule has 13 heteroatoms. The zero-order valence-corrected chi connectivity index (χ0v) is 17.8. The van der Waals surface area contributed by atoms with Gasteiger partial charge in [-0.1, -0.05) is 6.07 Å². The van der Waals surface area contributed by atoms with Gasteiger partial charge < -0.3 is 19.5 Å². The first kappa shape index (κ1) is 23.0. The number of hydrogen-bond acceptors (Lipinski definition) is 9. The molecule has 172 valence electrons. The molecule has 2 aromatic carbocycles. The van der Waals surface area contributed by atoms with Crippen molar-refractivity contribution in [3.8, 4) is 17.2 Å². The Morgan fingerprint density at radius 1 is 1.06 bits per heavy atom. The number of amides is 1. The number of nitrogens with zero attached hydrogens (tertiary/aromatic N) is 4. The third kappa shape index (κ3) is 4.98. The van der Waals surface area contributed by atoms with Crippen LogP contribution in [0.5, 0.6) is 17.2 Å². The number of carbonyl (C=O) groups is 1. The molecule has 33 heavy (non-hydrogen) atoms. The van der Waals surface area contributed by atoms with E-state index in [2.05, 4.69) is 10.4 Å². The van der Waals surface area contributed by atoms with Gasteiger partial charge in [0.25, 0.3) is 17.3 Å². The van der Waals surface area contributed by atoms with Crippen molar-refractivity contribution in [1.29, 1.82) is 0 Å². The van der Waals surface area contributed by atoms with Crippen molar-refractivity contribution < 1.29 is 28.9 Å². The average molecular weight is 457 g/mol. The van der Waals surface area contributed by atoms with Crippen LogP contribution in [-0.2, 0) is 6.73 Å². The van der Waals surface area contributed by atoms with E-state index < -0.39 is 27.1 Å². The number of para-hydroxylation sites is 1. The topological polar surface area (TPSA) is 161 Å². The summed E-state index contributed by atoms with van der Waals surface area (Å²) in [5.74, 6) is 0.531. The average Bonchev–Trinajstić information content (AvgIpc) is 3.27. The van der Waals surface area contributed by atoms with Gasteiger partial charge in [-0.15, -0.1) is 0 Å². The SMILES string of the molecule is COc1cccc(OC)c1OCn1ccc(C(=O)Nc2cc([N+](=O)[O-])c(C)c([N+](=O)[O-])c2)n1. The summed E-state index contributed by atoms with van der Waals surface area (Å²) in [6.45, 7) is 1.19. The van der Waals surface area contributed by atoms with Crippen molar-refractivity contribution in [3.63, 3.8) is 0 Å². The number of benzene rings is 2. The first-order valence-corrected chi connectivity index (χ1v) is 9.37. The third-order valence-electron chi connectivity index (χ3n) is 4.60. The maximum atomic E-state index is 12.5. The van der Waals surface area contributed by atoms with Crippen molar-refractivity contribution in [2.45, 2.75) is 13.7 Å². The lowest BCUT2D eigenvalue weighted by Gasteiger charge is -2.13. The highest BCUT2D eigenvalue weighted by Gasteiger charge is 2.24. The Bertz CT molecular complexity index is 1170. The third-order valence-corrected chi connectivity index (χ3v) is 4.60. The second-order valence-corrected chi connectivity index (χ2v) is 6.61. The van der Waals surface area contributed by atoms with E-state index in [-0.39, 0.29) is 23.7 Å². The zero-order chi connectivity index (χ0) is 24.1. The molecule has 0 aliphatic heterocycles. The molecule has 0 atom stereocenters. The molecule has 1 amide bonds. The van der Waals surface area contributed by atoms with Crippen LogP contribution in [0.2, 0.25) is 0 Å². The molecule has 3 aromatic rings. The molecular formula is C20H19N5O8. The Hall–Kier alpha value is -4.68. The van der Waals surface area contributed by atoms with Gasteiger partial charge >= 0.3 is 0 Å². The minimum absolute atomic E-state index is 0.0310. The fourth-order valence-electron chi connectivity index (χ4n) is 2.98. The van der Waals surface area contributed by atoms with Gasteiger partial charge in [-0.05, 0) is 25.1 Å². The highest BCUT2D eigenvalue weighted by molar-refractivity contribution is 6.03. The van der Waals surface area contributed by atoms with Gasteiger partial charge in [0.2, 0.25) is 5.75 Å². The summed E-state index contributed by atoms with van der Waals surface area (Å²) in [4.78, 5) is 33.5. The smallest absolute Gasteiger partial charge is 0.281 e. The van der Waals surface area contributed by atoms with Crippen LogP contribution in [0.1, 0.15) is 16.1 Å². The molecule has 0 saturated heterocycles. The van der Waals surface area contributed by atoms with E-state index in [9.17, 15) is 25.0 Å². The first-order valence-electron chi connectivity index (χ1n) is 9.37. The maximum Gasteiger partial charge on any atom is 0.281 e. The fourth-order valence-corrected chi connectivity index (χ4v) is 2.98. The lowest BCUT2D eigenvalue weighted by atomic mass is 10.1. The number of anilines is 1. The summed E-state index contributed by atoms with van der Waals surface area (Å²) >= 11 is 0. The van der Waals surface area contributed by atoms with Crippen molar-refractivity contribution in [1.82, 2.24) is 9.78 Å². The molecule has 1 aromatic heterocycles. The van der Waals surface area contributed by atoms with Gasteiger partial charge in [0.1, 0.15) is 5.56 Å². The summed E-state index contributed by atoms with van der Waals surface area (Å²) in [6.07, 6.45) is 1.48. The van der Waals surface area contributed by atoms with Gasteiger partial charge in [-0.3, -0.25) is 25.0 Å². The van der Waals surface area contributed by atoms with Crippen LogP contribution >= 0.6 is 0 Å². The van der Waals surface area contributed by atoms with Gasteiger partial charge in [0, 0.05) is 18.3 Å². The number of nitro benzene ring substituents is 2. The Morgan fingerprint density at radius 2 is 1.64 bits per heavy atom. The number of hydrogen-bond donors (Lipinski definition) is 1. The van der Waals surface area contributed by atoms with Crippen LogP contribution in [0.4, 0.5) is 17.1 Å². The molecule has 0 unspecified atom stereocenters. The Morgan fingerprint density at radius 3 is 2.15 bits per heavy atom. The predicted molar refractivity (Wildman–Crippen MR) is 115 cm³/mol. The Labute approximate surface area is 186 Å². The summed E-state index contributed by atoms with van der Waals surface area (Å²) in [5.41, 5.74) is -1.21. The Kier molecular flexibility index (Phi) is 6.71. The molecule has 0 spiro atoms. The molecule has 1 heterocycles. The summed E-state index contributed by atoms with van der Waals surface area (Å²) < 4.78 is 17.6. The summed E-state index contributed by atoms with van der Waals surface area (Å²) in [6, 6.07) is 8.62. The van der Waals surface area contributed by atoms with E-state index in [1.54, 1.807) is 18.2 Å². The van der Waals surface area contributed by atoms with E-state index in [1.807, 2.05) is 0 Å². The molecule has 0 bridgehead atoms. The normalized spacial score (nSPS) is 10.4. The van der Waals surface area contributed by atoms with Crippen LogP contribution in [0.3, 0.4) is 0 Å². The molecular weight excluding hydrogens is 438 g/mol. The van der Waals surface area contributed by atoms with Crippen molar-refractivity contribution in [2.24, 2.45) is 0 Å². The van der Waals surface area contributed by atoms with Gasteiger partial charge in [-0.2, -0.15) is 5.10 Å². The van der Waals surface area contributed by atoms with E-state index in [0.29, 0.717) is 17.2 Å². The number of nitro groups is 2. The standard InChI is InChI=1S/C20H19N5O8/c1-12-15(24(27)28)9-13(10-16(12)25(29)30)21-20(26)14-7-8-23(22-14)11-33-19-17(31-2)5-4-6-18(19)32-3/h4-10H,11H2,1-3H3,(H,21,26). The van der Waals surface area contributed by atoms with E-state index in [1.165, 1.54) is 38.1 Å². The second-order valence-electron chi connectivity index (χ2n) is 6.61. The number of aromatic nitrogens is 2. The van der Waals surface area contributed by atoms with Gasteiger partial charge in [0.15, 0.2) is 23.9 Å². The van der Waals surface area contributed by atoms with Crippen LogP contribution in [0, 0.1) is 27.2 Å². The second kappa shape index (κ2) is 9.64. The van der Waals surface area contributed by atoms with E-state index in [0.717, 1.165) is 12.1 Å². The van der Waals surface area contributed by atoms with E-state index >= 15 is 0 Å². The molecule has 13 nitrogen and oxygen atoms in total. The largest absolute Gasteiger partial charge is 0.493 e. The molecule has 1 N–H and O–H groups in total. The molecule has 0 fully saturated rings. The first-order chi connectivity index (χ1) is 15.7. The number of methoxy groups -OCH3 is 2. The summed E-state index contributed by atoms with van der Waals surface area (Å²) in [7, 11) is 2.97. The van der Waals surface area contributed by atoms with Crippen molar-refractivity contribution >= 4 is 23.0 Å². The monoisotopic (exact) mass is 457 g/mol.